The minimum Gasteiger partial charge on any atom is -0.461 e. The van der Waals surface area contributed by atoms with Gasteiger partial charge in [0.25, 0.3) is 0 Å². The van der Waals surface area contributed by atoms with Gasteiger partial charge in [-0.25, -0.2) is 0 Å². The first-order chi connectivity index (χ1) is 10.2. The number of benzene rings is 2. The first kappa shape index (κ1) is 14.0. The molecule has 4 heteroatoms. The molecule has 21 heavy (non-hydrogen) atoms. The quantitative estimate of drug-likeness (QED) is 0.745. The van der Waals surface area contributed by atoms with Crippen molar-refractivity contribution in [2.24, 2.45) is 5.73 Å². The number of furan rings is 1. The maximum Gasteiger partial charge on any atom is 0.134 e. The number of aryl methyl sites for hydroxylation is 1. The molecule has 1 unspecified atom stereocenters. The van der Waals surface area contributed by atoms with Gasteiger partial charge in [0.05, 0.1) is 16.8 Å². The van der Waals surface area contributed by atoms with Crippen molar-refractivity contribution in [1.82, 2.24) is 0 Å². The van der Waals surface area contributed by atoms with E-state index in [1.807, 2.05) is 49.4 Å². The fraction of sp³-hybridized carbons (Fsp3) is 0.176. The predicted molar refractivity (Wildman–Crippen MR) is 87.8 cm³/mol. The third-order valence-electron chi connectivity index (χ3n) is 3.61. The summed E-state index contributed by atoms with van der Waals surface area (Å²) in [6, 6.07) is 15.6. The highest BCUT2D eigenvalue weighted by atomic mass is 35.5. The summed E-state index contributed by atoms with van der Waals surface area (Å²) in [5.74, 6) is 0.881. The lowest BCUT2D eigenvalue weighted by molar-refractivity contribution is 0.566. The Morgan fingerprint density at radius 3 is 2.62 bits per heavy atom. The van der Waals surface area contributed by atoms with Gasteiger partial charge in [0, 0.05) is 17.5 Å². The standard InChI is InChI=1S/C17H17ClN2O/c1-11-17(12-6-2-5-9-16(12)21-11)15(10-19)20-14-8-4-3-7-13(14)18/h2-9,15,20H,10,19H2,1H3. The zero-order chi connectivity index (χ0) is 14.8. The summed E-state index contributed by atoms with van der Waals surface area (Å²) in [5.41, 5.74) is 8.82. The molecule has 3 N–H and O–H groups in total. The lowest BCUT2D eigenvalue weighted by atomic mass is 10.0. The summed E-state index contributed by atoms with van der Waals surface area (Å²) in [4.78, 5) is 0. The van der Waals surface area contributed by atoms with Gasteiger partial charge in [-0.2, -0.15) is 0 Å². The fourth-order valence-electron chi connectivity index (χ4n) is 2.64. The molecule has 3 aromatic rings. The minimum absolute atomic E-state index is 0.0476. The molecule has 2 aromatic carbocycles. The summed E-state index contributed by atoms with van der Waals surface area (Å²) >= 11 is 6.22. The largest absolute Gasteiger partial charge is 0.461 e. The molecule has 3 rings (SSSR count). The Morgan fingerprint density at radius 1 is 1.14 bits per heavy atom. The van der Waals surface area contributed by atoms with Crippen LogP contribution >= 0.6 is 11.6 Å². The summed E-state index contributed by atoms with van der Waals surface area (Å²) < 4.78 is 5.82. The van der Waals surface area contributed by atoms with Gasteiger partial charge in [-0.3, -0.25) is 0 Å². The second-order valence-electron chi connectivity index (χ2n) is 4.98. The van der Waals surface area contributed by atoms with Crippen LogP contribution in [0.5, 0.6) is 0 Å². The van der Waals surface area contributed by atoms with Gasteiger partial charge in [0.1, 0.15) is 11.3 Å². The highest BCUT2D eigenvalue weighted by Gasteiger charge is 2.19. The number of para-hydroxylation sites is 2. The maximum absolute atomic E-state index is 6.22. The highest BCUT2D eigenvalue weighted by Crippen LogP contribution is 2.33. The summed E-state index contributed by atoms with van der Waals surface area (Å²) in [7, 11) is 0. The minimum atomic E-state index is -0.0476. The normalized spacial score (nSPS) is 12.5. The second-order valence-corrected chi connectivity index (χ2v) is 5.39. The van der Waals surface area contributed by atoms with E-state index >= 15 is 0 Å². The molecule has 3 nitrogen and oxygen atoms in total. The molecule has 1 aromatic heterocycles. The Kier molecular flexibility index (Phi) is 3.86. The Balaban J connectivity index is 2.03. The van der Waals surface area contributed by atoms with Crippen molar-refractivity contribution in [3.63, 3.8) is 0 Å². The summed E-state index contributed by atoms with van der Waals surface area (Å²) in [5, 5.41) is 5.19. The van der Waals surface area contributed by atoms with Gasteiger partial charge in [0.2, 0.25) is 0 Å². The number of anilines is 1. The Bertz CT molecular complexity index is 766. The van der Waals surface area contributed by atoms with E-state index in [4.69, 9.17) is 21.8 Å². The predicted octanol–water partition coefficient (Wildman–Crippen LogP) is 4.51. The molecule has 1 heterocycles. The van der Waals surface area contributed by atoms with Gasteiger partial charge < -0.3 is 15.5 Å². The molecule has 1 atom stereocenters. The monoisotopic (exact) mass is 300 g/mol. The van der Waals surface area contributed by atoms with Crippen molar-refractivity contribution in [3.05, 3.63) is 64.9 Å². The Labute approximate surface area is 128 Å². The molecule has 0 saturated heterocycles. The van der Waals surface area contributed by atoms with Crippen LogP contribution < -0.4 is 11.1 Å². The average Bonchev–Trinajstić information content (AvgIpc) is 2.82. The van der Waals surface area contributed by atoms with E-state index < -0.39 is 0 Å². The molecule has 0 amide bonds. The van der Waals surface area contributed by atoms with Crippen LogP contribution in [0.15, 0.2) is 52.9 Å². The molecule has 0 aliphatic carbocycles. The number of halogens is 1. The van der Waals surface area contributed by atoms with Crippen molar-refractivity contribution in [1.29, 1.82) is 0 Å². The Morgan fingerprint density at radius 2 is 1.86 bits per heavy atom. The van der Waals surface area contributed by atoms with Crippen LogP contribution in [0.3, 0.4) is 0 Å². The smallest absolute Gasteiger partial charge is 0.134 e. The number of hydrogen-bond donors (Lipinski definition) is 2. The molecule has 0 radical (unpaired) electrons. The van der Waals surface area contributed by atoms with E-state index in [-0.39, 0.29) is 6.04 Å². The first-order valence-corrected chi connectivity index (χ1v) is 7.27. The first-order valence-electron chi connectivity index (χ1n) is 6.90. The molecule has 108 valence electrons. The molecular formula is C17H17ClN2O. The van der Waals surface area contributed by atoms with Crippen molar-refractivity contribution >= 4 is 28.3 Å². The van der Waals surface area contributed by atoms with E-state index in [0.29, 0.717) is 11.6 Å². The van der Waals surface area contributed by atoms with Gasteiger partial charge in [-0.1, -0.05) is 41.9 Å². The number of fused-ring (bicyclic) bond motifs is 1. The summed E-state index contributed by atoms with van der Waals surface area (Å²) in [6.07, 6.45) is 0. The lowest BCUT2D eigenvalue weighted by Gasteiger charge is -2.19. The van der Waals surface area contributed by atoms with Crippen molar-refractivity contribution < 1.29 is 4.42 Å². The molecule has 0 spiro atoms. The third kappa shape index (κ3) is 2.62. The molecular weight excluding hydrogens is 284 g/mol. The van der Waals surface area contributed by atoms with Gasteiger partial charge in [0.15, 0.2) is 0 Å². The molecule has 0 fully saturated rings. The van der Waals surface area contributed by atoms with Crippen LogP contribution in [0.4, 0.5) is 5.69 Å². The highest BCUT2D eigenvalue weighted by molar-refractivity contribution is 6.33. The number of rotatable bonds is 4. The average molecular weight is 301 g/mol. The maximum atomic E-state index is 6.22. The van der Waals surface area contributed by atoms with Crippen molar-refractivity contribution in [2.45, 2.75) is 13.0 Å². The molecule has 0 saturated carbocycles. The second kappa shape index (κ2) is 5.80. The van der Waals surface area contributed by atoms with Crippen LogP contribution in [-0.4, -0.2) is 6.54 Å². The van der Waals surface area contributed by atoms with Crippen LogP contribution in [0.2, 0.25) is 5.02 Å². The SMILES string of the molecule is Cc1oc2ccccc2c1C(CN)Nc1ccccc1Cl. The third-order valence-corrected chi connectivity index (χ3v) is 3.94. The van der Waals surface area contributed by atoms with Crippen LogP contribution in [-0.2, 0) is 0 Å². The van der Waals surface area contributed by atoms with Crippen molar-refractivity contribution in [2.75, 3.05) is 11.9 Å². The van der Waals surface area contributed by atoms with Gasteiger partial charge >= 0.3 is 0 Å². The fourth-order valence-corrected chi connectivity index (χ4v) is 2.83. The van der Waals surface area contributed by atoms with Gasteiger partial charge in [-0.15, -0.1) is 0 Å². The number of nitrogens with one attached hydrogen (secondary N) is 1. The molecule has 0 aliphatic heterocycles. The number of hydrogen-bond acceptors (Lipinski definition) is 3. The lowest BCUT2D eigenvalue weighted by Crippen LogP contribution is -2.21. The Hall–Kier alpha value is -1.97. The topological polar surface area (TPSA) is 51.2 Å². The summed E-state index contributed by atoms with van der Waals surface area (Å²) in [6.45, 7) is 2.42. The van der Waals surface area contributed by atoms with Crippen LogP contribution in [0.1, 0.15) is 17.4 Å². The van der Waals surface area contributed by atoms with E-state index in [0.717, 1.165) is 28.0 Å². The van der Waals surface area contributed by atoms with E-state index in [1.165, 1.54) is 0 Å². The van der Waals surface area contributed by atoms with Crippen molar-refractivity contribution in [3.8, 4) is 0 Å². The molecule has 0 aliphatic rings. The van der Waals surface area contributed by atoms with Crippen LogP contribution in [0.25, 0.3) is 11.0 Å². The molecule has 0 bridgehead atoms. The van der Waals surface area contributed by atoms with E-state index in [9.17, 15) is 0 Å². The zero-order valence-corrected chi connectivity index (χ0v) is 12.5. The van der Waals surface area contributed by atoms with Gasteiger partial charge in [-0.05, 0) is 25.1 Å². The van der Waals surface area contributed by atoms with Crippen LogP contribution in [0, 0.1) is 6.92 Å². The zero-order valence-electron chi connectivity index (χ0n) is 11.8. The number of nitrogens with two attached hydrogens (primary N) is 1. The van der Waals surface area contributed by atoms with E-state index in [1.54, 1.807) is 0 Å². The van der Waals surface area contributed by atoms with E-state index in [2.05, 4.69) is 11.4 Å².